The molecule has 1 aliphatic carbocycles. The summed E-state index contributed by atoms with van der Waals surface area (Å²) in [5, 5.41) is 0. The van der Waals surface area contributed by atoms with Crippen LogP contribution in [0.5, 0.6) is 0 Å². The number of allylic oxidation sites excluding steroid dienone is 4. The van der Waals surface area contributed by atoms with E-state index in [1.807, 2.05) is 26.3 Å². The molecule has 0 heterocycles. The second kappa shape index (κ2) is 19.8. The zero-order valence-corrected chi connectivity index (χ0v) is 10.8. The Kier molecular flexibility index (Phi) is 25.6. The van der Waals surface area contributed by atoms with Crippen LogP contribution in [-0.4, -0.2) is 11.2 Å². The maximum absolute atomic E-state index is 7.50. The van der Waals surface area contributed by atoms with Crippen LogP contribution in [-0.2, 0) is 29.6 Å². The summed E-state index contributed by atoms with van der Waals surface area (Å²) in [5.74, 6) is 0. The van der Waals surface area contributed by atoms with E-state index in [9.17, 15) is 0 Å². The van der Waals surface area contributed by atoms with Gasteiger partial charge in [0.2, 0.25) is 0 Å². The Morgan fingerprint density at radius 3 is 1.94 bits per heavy atom. The molecule has 0 saturated carbocycles. The average molecular weight is 262 g/mol. The van der Waals surface area contributed by atoms with Crippen LogP contribution in [0.25, 0.3) is 0 Å². The van der Waals surface area contributed by atoms with Crippen LogP contribution >= 0.6 is 0 Å². The van der Waals surface area contributed by atoms with Gasteiger partial charge in [0.05, 0.1) is 0 Å². The normalized spacial score (nSPS) is 10.3. The first-order valence-electron chi connectivity index (χ1n) is 4.37. The Hall–Kier alpha value is -0.691. The first-order valence-corrected chi connectivity index (χ1v) is 4.96. The molecule has 0 spiro atoms. The van der Waals surface area contributed by atoms with Gasteiger partial charge in [-0.1, -0.05) is 23.8 Å². The minimum absolute atomic E-state index is 0.747. The van der Waals surface area contributed by atoms with Gasteiger partial charge in [-0.15, -0.1) is 0 Å². The van der Waals surface area contributed by atoms with E-state index in [1.54, 1.807) is 0 Å². The van der Waals surface area contributed by atoms with Gasteiger partial charge in [0.15, 0.2) is 0 Å². The van der Waals surface area contributed by atoms with Crippen LogP contribution in [0.3, 0.4) is 0 Å². The summed E-state index contributed by atoms with van der Waals surface area (Å²) >= 11 is 3.13. The Bertz CT molecular complexity index is 253. The summed E-state index contributed by atoms with van der Waals surface area (Å²) in [4.78, 5) is 0. The SMILES string of the molecule is CC1=C[CH]C=C1.CCO[C](C)=[Mn].[C-]#[O+].[C-]#[O+]. The van der Waals surface area contributed by atoms with Crippen LogP contribution in [0.1, 0.15) is 20.8 Å². The van der Waals surface area contributed by atoms with Crippen molar-refractivity contribution >= 4 is 4.60 Å². The third-order valence-corrected chi connectivity index (χ3v) is 1.34. The summed E-state index contributed by atoms with van der Waals surface area (Å²) in [6, 6.07) is 0. The van der Waals surface area contributed by atoms with Gasteiger partial charge in [0, 0.05) is 6.42 Å². The monoisotopic (exact) mass is 262 g/mol. The molecular weight excluding hydrogens is 247 g/mol. The Morgan fingerprint density at radius 2 is 1.88 bits per heavy atom. The molecule has 4 heteroatoms. The Morgan fingerprint density at radius 1 is 1.38 bits per heavy atom. The van der Waals surface area contributed by atoms with Gasteiger partial charge >= 0.3 is 68.0 Å². The molecule has 0 unspecified atom stereocenters. The summed E-state index contributed by atoms with van der Waals surface area (Å²) in [6.45, 7) is 15.6. The zero-order chi connectivity index (χ0) is 13.4. The Balaban J connectivity index is -0.000000162. The van der Waals surface area contributed by atoms with Crippen molar-refractivity contribution in [3.63, 3.8) is 0 Å². The fraction of sp³-hybridized carbons (Fsp3) is 0.333. The van der Waals surface area contributed by atoms with Crippen LogP contribution in [0, 0.1) is 19.7 Å². The van der Waals surface area contributed by atoms with Crippen LogP contribution < -0.4 is 0 Å². The molecule has 0 aromatic heterocycles. The van der Waals surface area contributed by atoms with E-state index in [0.717, 1.165) is 11.2 Å². The van der Waals surface area contributed by atoms with Crippen molar-refractivity contribution in [2.75, 3.05) is 6.61 Å². The molecule has 1 aliphatic rings. The summed E-state index contributed by atoms with van der Waals surface area (Å²) in [6.07, 6.45) is 8.24. The summed E-state index contributed by atoms with van der Waals surface area (Å²) < 4.78 is 20.7. The van der Waals surface area contributed by atoms with Crippen LogP contribution in [0.2, 0.25) is 0 Å². The molecule has 0 aromatic carbocycles. The molecule has 0 bridgehead atoms. The van der Waals surface area contributed by atoms with Gasteiger partial charge in [-0.2, -0.15) is 0 Å². The first kappa shape index (κ1) is 20.7. The molecule has 0 fully saturated rings. The number of hydrogen-bond donors (Lipinski definition) is 0. The quantitative estimate of drug-likeness (QED) is 0.428. The van der Waals surface area contributed by atoms with Crippen molar-refractivity contribution < 1.29 is 29.6 Å². The molecule has 1 radical (unpaired) electrons. The first-order chi connectivity index (χ1) is 7.66. The third kappa shape index (κ3) is 23.3. The number of rotatable bonds is 2. The zero-order valence-electron chi connectivity index (χ0n) is 9.62. The second-order valence-corrected chi connectivity index (χ2v) is 3.20. The van der Waals surface area contributed by atoms with Crippen LogP contribution in [0.15, 0.2) is 23.8 Å². The molecule has 0 aromatic rings. The minimum atomic E-state index is 0.747. The third-order valence-electron chi connectivity index (χ3n) is 1.17. The molecule has 3 nitrogen and oxygen atoms in total. The van der Waals surface area contributed by atoms with Crippen LogP contribution in [0.4, 0.5) is 0 Å². The van der Waals surface area contributed by atoms with Gasteiger partial charge in [-0.05, 0) is 6.92 Å². The maximum atomic E-state index is 7.50. The van der Waals surface area contributed by atoms with E-state index in [0.29, 0.717) is 0 Å². The number of hydrogen-bond acceptors (Lipinski definition) is 1. The standard InChI is InChI=1S/C6H7.C4H8O.2CO.Mn/c1-6-4-2-3-5-6;1-3-5-4-2;2*1-2;/h2-5H,1H3;3H2,1-2H3;;;. The van der Waals surface area contributed by atoms with Crippen molar-refractivity contribution in [1.82, 2.24) is 0 Å². The van der Waals surface area contributed by atoms with E-state index in [1.165, 1.54) is 5.57 Å². The van der Waals surface area contributed by atoms with Gasteiger partial charge < -0.3 is 0 Å². The molecule has 0 amide bonds. The molecule has 1 rings (SSSR count). The predicted octanol–water partition coefficient (Wildman–Crippen LogP) is 2.35. The van der Waals surface area contributed by atoms with E-state index >= 15 is 0 Å². The van der Waals surface area contributed by atoms with Gasteiger partial charge in [0.25, 0.3) is 0 Å². The molecule has 0 aliphatic heterocycles. The number of ether oxygens (including phenoxy) is 1. The Labute approximate surface area is 105 Å². The molecule has 0 saturated heterocycles. The second-order valence-electron chi connectivity index (χ2n) is 2.37. The van der Waals surface area contributed by atoms with Crippen molar-refractivity contribution in [2.24, 2.45) is 0 Å². The van der Waals surface area contributed by atoms with Gasteiger partial charge in [0.1, 0.15) is 0 Å². The van der Waals surface area contributed by atoms with Crippen molar-refractivity contribution in [2.45, 2.75) is 20.8 Å². The molecule has 16 heavy (non-hydrogen) atoms. The predicted molar refractivity (Wildman–Crippen MR) is 57.4 cm³/mol. The summed E-state index contributed by atoms with van der Waals surface area (Å²) in [7, 11) is 0. The topological polar surface area (TPSA) is 49.0 Å². The van der Waals surface area contributed by atoms with E-state index in [-0.39, 0.29) is 0 Å². The van der Waals surface area contributed by atoms with Crippen molar-refractivity contribution in [1.29, 1.82) is 0 Å². The van der Waals surface area contributed by atoms with Crippen molar-refractivity contribution in [3.05, 3.63) is 43.5 Å². The molecule has 0 atom stereocenters. The van der Waals surface area contributed by atoms with Gasteiger partial charge in [-0.25, -0.2) is 0 Å². The van der Waals surface area contributed by atoms with E-state index in [4.69, 9.17) is 14.0 Å². The molecule has 88 valence electrons. The van der Waals surface area contributed by atoms with Gasteiger partial charge in [-0.3, -0.25) is 0 Å². The van der Waals surface area contributed by atoms with Crippen molar-refractivity contribution in [3.8, 4) is 0 Å². The average Bonchev–Trinajstić information content (AvgIpc) is 2.76. The van der Waals surface area contributed by atoms with E-state index < -0.39 is 0 Å². The molecular formula is C12H15MnO3. The molecule has 0 N–H and O–H groups in total. The fourth-order valence-corrected chi connectivity index (χ4v) is 0.839. The fourth-order valence-electron chi connectivity index (χ4n) is 0.669. The van der Waals surface area contributed by atoms with E-state index in [2.05, 4.69) is 48.0 Å². The summed E-state index contributed by atoms with van der Waals surface area (Å²) in [5.41, 5.74) is 1.34.